The highest BCUT2D eigenvalue weighted by Crippen LogP contribution is 2.25. The highest BCUT2D eigenvalue weighted by molar-refractivity contribution is 6.30. The normalized spacial score (nSPS) is 10.6. The van der Waals surface area contributed by atoms with Crippen molar-refractivity contribution in [3.05, 3.63) is 76.1 Å². The molecule has 0 aliphatic rings. The van der Waals surface area contributed by atoms with E-state index >= 15 is 0 Å². The van der Waals surface area contributed by atoms with Crippen LogP contribution in [-0.2, 0) is 13.2 Å². The third-order valence-electron chi connectivity index (χ3n) is 4.52. The van der Waals surface area contributed by atoms with E-state index in [2.05, 4.69) is 24.3 Å². The maximum atomic E-state index is 12.6. The number of aliphatic hydroxyl groups is 1. The van der Waals surface area contributed by atoms with Crippen molar-refractivity contribution >= 4 is 35.6 Å². The number of halogens is 2. The topological polar surface area (TPSA) is 76.4 Å². The van der Waals surface area contributed by atoms with Gasteiger partial charge in [0.25, 0.3) is 5.91 Å². The van der Waals surface area contributed by atoms with Gasteiger partial charge in [-0.2, -0.15) is 5.10 Å². The minimum Gasteiger partial charge on any atom is -0.493 e. The lowest BCUT2D eigenvalue weighted by Gasteiger charge is -2.14. The van der Waals surface area contributed by atoms with Gasteiger partial charge in [0.1, 0.15) is 5.75 Å². The van der Waals surface area contributed by atoms with E-state index in [1.54, 1.807) is 41.1 Å². The summed E-state index contributed by atoms with van der Waals surface area (Å²) < 4.78 is 7.68. The molecule has 166 valence electrons. The van der Waals surface area contributed by atoms with Gasteiger partial charge in [-0.3, -0.25) is 9.48 Å². The molecule has 0 aliphatic heterocycles. The molecular weight excluding hydrogens is 437 g/mol. The van der Waals surface area contributed by atoms with Crippen LogP contribution in [0.3, 0.4) is 0 Å². The number of amides is 1. The summed E-state index contributed by atoms with van der Waals surface area (Å²) in [6.07, 6.45) is 0. The Bertz CT molecular complexity index is 1020. The third kappa shape index (κ3) is 6.72. The first kappa shape index (κ1) is 24.7. The van der Waals surface area contributed by atoms with Crippen molar-refractivity contribution in [3.8, 4) is 5.75 Å². The molecule has 3 rings (SSSR count). The monoisotopic (exact) mass is 463 g/mol. The molecule has 1 heterocycles. The van der Waals surface area contributed by atoms with E-state index < -0.39 is 0 Å². The fourth-order valence-electron chi connectivity index (χ4n) is 2.90. The molecule has 1 aromatic heterocycles. The molecule has 0 fully saturated rings. The number of carbonyl (C=O) groups excluding carboxylic acids is 1. The van der Waals surface area contributed by atoms with Crippen LogP contribution in [-0.4, -0.2) is 27.4 Å². The summed E-state index contributed by atoms with van der Waals surface area (Å²) in [5.74, 6) is 0.871. The van der Waals surface area contributed by atoms with Crippen molar-refractivity contribution in [1.29, 1.82) is 0 Å². The SMILES string of the molecule is Cc1cc(C(=O)Nc2ccc(CO)cc2)nn1Cc1cc(Cl)ccc1OCC(C)C.Cl. The summed E-state index contributed by atoms with van der Waals surface area (Å²) in [5.41, 5.74) is 3.51. The fraction of sp³-hybridized carbons (Fsp3) is 0.304. The summed E-state index contributed by atoms with van der Waals surface area (Å²) >= 11 is 6.19. The molecule has 6 nitrogen and oxygen atoms in total. The Hall–Kier alpha value is -2.54. The Kier molecular flexibility index (Phi) is 8.92. The predicted octanol–water partition coefficient (Wildman–Crippen LogP) is 5.09. The summed E-state index contributed by atoms with van der Waals surface area (Å²) in [7, 11) is 0. The zero-order valence-corrected chi connectivity index (χ0v) is 19.3. The van der Waals surface area contributed by atoms with Crippen LogP contribution in [0.5, 0.6) is 5.75 Å². The Morgan fingerprint density at radius 1 is 1.19 bits per heavy atom. The van der Waals surface area contributed by atoms with Crippen LogP contribution >= 0.6 is 24.0 Å². The molecule has 2 N–H and O–H groups in total. The molecule has 3 aromatic rings. The van der Waals surface area contributed by atoms with E-state index in [9.17, 15) is 4.79 Å². The molecule has 0 atom stereocenters. The minimum absolute atomic E-state index is 0. The largest absolute Gasteiger partial charge is 0.493 e. The van der Waals surface area contributed by atoms with Gasteiger partial charge in [0, 0.05) is 22.0 Å². The minimum atomic E-state index is -0.295. The quantitative estimate of drug-likeness (QED) is 0.487. The number of nitrogens with zero attached hydrogens (tertiary/aromatic N) is 2. The van der Waals surface area contributed by atoms with Crippen LogP contribution in [0, 0.1) is 12.8 Å². The number of rotatable bonds is 8. The lowest BCUT2D eigenvalue weighted by molar-refractivity contribution is 0.102. The number of hydrogen-bond acceptors (Lipinski definition) is 4. The number of carbonyl (C=O) groups is 1. The van der Waals surface area contributed by atoms with Gasteiger partial charge in [0.2, 0.25) is 0 Å². The first-order chi connectivity index (χ1) is 14.4. The molecule has 1 amide bonds. The van der Waals surface area contributed by atoms with Crippen molar-refractivity contribution in [1.82, 2.24) is 9.78 Å². The van der Waals surface area contributed by atoms with E-state index in [4.69, 9.17) is 21.4 Å². The first-order valence-electron chi connectivity index (χ1n) is 9.82. The molecule has 2 aromatic carbocycles. The van der Waals surface area contributed by atoms with Crippen LogP contribution in [0.25, 0.3) is 0 Å². The van der Waals surface area contributed by atoms with Crippen LogP contribution in [0.15, 0.2) is 48.5 Å². The number of aromatic nitrogens is 2. The molecule has 0 bridgehead atoms. The Morgan fingerprint density at radius 3 is 2.55 bits per heavy atom. The summed E-state index contributed by atoms with van der Waals surface area (Å²) in [4.78, 5) is 12.6. The number of benzene rings is 2. The average molecular weight is 464 g/mol. The van der Waals surface area contributed by atoms with E-state index in [0.717, 1.165) is 22.6 Å². The number of nitrogens with one attached hydrogen (secondary N) is 1. The molecule has 0 spiro atoms. The van der Waals surface area contributed by atoms with Crippen molar-refractivity contribution in [2.24, 2.45) is 5.92 Å². The van der Waals surface area contributed by atoms with Crippen LogP contribution < -0.4 is 10.1 Å². The predicted molar refractivity (Wildman–Crippen MR) is 125 cm³/mol. The van der Waals surface area contributed by atoms with Crippen molar-refractivity contribution in [2.75, 3.05) is 11.9 Å². The Morgan fingerprint density at radius 2 is 1.90 bits per heavy atom. The highest BCUT2D eigenvalue weighted by atomic mass is 35.5. The summed E-state index contributed by atoms with van der Waals surface area (Å²) in [6.45, 7) is 7.10. The van der Waals surface area contributed by atoms with Crippen LogP contribution in [0.2, 0.25) is 5.02 Å². The second-order valence-electron chi connectivity index (χ2n) is 7.59. The zero-order valence-electron chi connectivity index (χ0n) is 17.8. The van der Waals surface area contributed by atoms with E-state index in [0.29, 0.717) is 35.5 Å². The second-order valence-corrected chi connectivity index (χ2v) is 8.03. The maximum Gasteiger partial charge on any atom is 0.276 e. The highest BCUT2D eigenvalue weighted by Gasteiger charge is 2.15. The average Bonchev–Trinajstić information content (AvgIpc) is 3.08. The van der Waals surface area contributed by atoms with Gasteiger partial charge in [-0.05, 0) is 54.8 Å². The van der Waals surface area contributed by atoms with Gasteiger partial charge in [0.05, 0.1) is 19.8 Å². The first-order valence-corrected chi connectivity index (χ1v) is 10.2. The van der Waals surface area contributed by atoms with E-state index in [1.807, 2.05) is 19.1 Å². The van der Waals surface area contributed by atoms with Crippen molar-refractivity contribution in [3.63, 3.8) is 0 Å². The lowest BCUT2D eigenvalue weighted by atomic mass is 10.2. The molecule has 0 unspecified atom stereocenters. The summed E-state index contributed by atoms with van der Waals surface area (Å²) in [5, 5.41) is 17.0. The van der Waals surface area contributed by atoms with E-state index in [-0.39, 0.29) is 24.9 Å². The zero-order chi connectivity index (χ0) is 21.7. The van der Waals surface area contributed by atoms with Gasteiger partial charge in [-0.1, -0.05) is 37.6 Å². The van der Waals surface area contributed by atoms with Gasteiger partial charge in [-0.15, -0.1) is 12.4 Å². The van der Waals surface area contributed by atoms with Crippen molar-refractivity contribution in [2.45, 2.75) is 33.9 Å². The van der Waals surface area contributed by atoms with E-state index in [1.165, 1.54) is 0 Å². The lowest BCUT2D eigenvalue weighted by Crippen LogP contribution is -2.14. The summed E-state index contributed by atoms with van der Waals surface area (Å²) in [6, 6.07) is 14.3. The molecule has 8 heteroatoms. The second kappa shape index (κ2) is 11.2. The standard InChI is InChI=1S/C23H26ClN3O3.ClH/c1-15(2)14-30-22-9-6-19(24)11-18(22)12-27-16(3)10-21(26-27)23(29)25-20-7-4-17(13-28)5-8-20;/h4-11,15,28H,12-14H2,1-3H3,(H,25,29);1H. The van der Waals surface area contributed by atoms with Gasteiger partial charge in [-0.25, -0.2) is 0 Å². The maximum absolute atomic E-state index is 12.6. The number of aryl methyl sites for hydroxylation is 1. The molecule has 0 saturated carbocycles. The molecule has 31 heavy (non-hydrogen) atoms. The Labute approximate surface area is 193 Å². The van der Waals surface area contributed by atoms with Gasteiger partial charge in [0.15, 0.2) is 5.69 Å². The third-order valence-corrected chi connectivity index (χ3v) is 4.76. The molecule has 0 radical (unpaired) electrons. The number of hydrogen-bond donors (Lipinski definition) is 2. The number of aliphatic hydroxyl groups excluding tert-OH is 1. The Balaban J connectivity index is 0.00000341. The fourth-order valence-corrected chi connectivity index (χ4v) is 3.09. The van der Waals surface area contributed by atoms with Crippen LogP contribution in [0.4, 0.5) is 5.69 Å². The molecular formula is C23H27Cl2N3O3. The molecule has 0 aliphatic carbocycles. The number of ether oxygens (including phenoxy) is 1. The van der Waals surface area contributed by atoms with Crippen LogP contribution in [0.1, 0.15) is 41.2 Å². The molecule has 0 saturated heterocycles. The smallest absolute Gasteiger partial charge is 0.276 e. The van der Waals surface area contributed by atoms with Gasteiger partial charge >= 0.3 is 0 Å². The van der Waals surface area contributed by atoms with Gasteiger partial charge < -0.3 is 15.2 Å². The number of anilines is 1. The van der Waals surface area contributed by atoms with Crippen molar-refractivity contribution < 1.29 is 14.6 Å².